The largest absolute Gasteiger partial charge is 0.343 e. The summed E-state index contributed by atoms with van der Waals surface area (Å²) in [4.78, 5) is 24.9. The van der Waals surface area contributed by atoms with Crippen LogP contribution in [0.5, 0.6) is 0 Å². The van der Waals surface area contributed by atoms with Gasteiger partial charge in [-0.2, -0.15) is 0 Å². The van der Waals surface area contributed by atoms with Crippen LogP contribution in [0.2, 0.25) is 5.02 Å². The fraction of sp³-hybridized carbons (Fsp3) is 0.429. The van der Waals surface area contributed by atoms with Gasteiger partial charge in [-0.15, -0.1) is 0 Å². The molecule has 108 valence electrons. The van der Waals surface area contributed by atoms with Gasteiger partial charge in [0.1, 0.15) is 0 Å². The highest BCUT2D eigenvalue weighted by Crippen LogP contribution is 2.14. The molecule has 1 fully saturated rings. The topological polar surface area (TPSA) is 61.4 Å². The SMILES string of the molecule is O=C(NCCCN1CCCC1=O)Nc1cccc(Cl)c1. The monoisotopic (exact) mass is 295 g/mol. The molecule has 0 aromatic heterocycles. The Hall–Kier alpha value is -1.75. The number of hydrogen-bond acceptors (Lipinski definition) is 2. The van der Waals surface area contributed by atoms with E-state index in [0.29, 0.717) is 30.2 Å². The maximum atomic E-state index is 11.6. The first kappa shape index (κ1) is 14.7. The average Bonchev–Trinajstić information content (AvgIpc) is 2.80. The summed E-state index contributed by atoms with van der Waals surface area (Å²) in [6.07, 6.45) is 2.36. The van der Waals surface area contributed by atoms with E-state index in [0.717, 1.165) is 19.4 Å². The Labute approximate surface area is 123 Å². The predicted molar refractivity (Wildman–Crippen MR) is 78.9 cm³/mol. The number of amides is 3. The van der Waals surface area contributed by atoms with Gasteiger partial charge < -0.3 is 15.5 Å². The van der Waals surface area contributed by atoms with E-state index in [2.05, 4.69) is 10.6 Å². The Balaban J connectivity index is 1.64. The molecule has 1 aromatic rings. The van der Waals surface area contributed by atoms with E-state index in [9.17, 15) is 9.59 Å². The van der Waals surface area contributed by atoms with Gasteiger partial charge in [0.25, 0.3) is 0 Å². The zero-order valence-corrected chi connectivity index (χ0v) is 11.9. The van der Waals surface area contributed by atoms with Crippen LogP contribution in [0, 0.1) is 0 Å². The molecule has 20 heavy (non-hydrogen) atoms. The van der Waals surface area contributed by atoms with E-state index < -0.39 is 0 Å². The third-order valence-corrected chi connectivity index (χ3v) is 3.38. The lowest BCUT2D eigenvalue weighted by Crippen LogP contribution is -2.32. The molecule has 1 aliphatic heterocycles. The number of rotatable bonds is 5. The van der Waals surface area contributed by atoms with Gasteiger partial charge >= 0.3 is 6.03 Å². The lowest BCUT2D eigenvalue weighted by Gasteiger charge is -2.15. The van der Waals surface area contributed by atoms with Crippen LogP contribution in [0.15, 0.2) is 24.3 Å². The quantitative estimate of drug-likeness (QED) is 0.820. The number of anilines is 1. The van der Waals surface area contributed by atoms with Crippen molar-refractivity contribution in [1.29, 1.82) is 0 Å². The fourth-order valence-electron chi connectivity index (χ4n) is 2.15. The highest BCUT2D eigenvalue weighted by atomic mass is 35.5. The summed E-state index contributed by atoms with van der Waals surface area (Å²) in [7, 11) is 0. The molecule has 0 spiro atoms. The lowest BCUT2D eigenvalue weighted by molar-refractivity contribution is -0.127. The molecule has 2 N–H and O–H groups in total. The van der Waals surface area contributed by atoms with E-state index >= 15 is 0 Å². The van der Waals surface area contributed by atoms with Gasteiger partial charge in [-0.25, -0.2) is 4.79 Å². The molecular weight excluding hydrogens is 278 g/mol. The highest BCUT2D eigenvalue weighted by molar-refractivity contribution is 6.30. The van der Waals surface area contributed by atoms with Crippen molar-refractivity contribution >= 4 is 29.2 Å². The second-order valence-electron chi connectivity index (χ2n) is 4.73. The smallest absolute Gasteiger partial charge is 0.319 e. The van der Waals surface area contributed by atoms with Crippen molar-refractivity contribution in [3.8, 4) is 0 Å². The molecule has 5 nitrogen and oxygen atoms in total. The molecule has 0 unspecified atom stereocenters. The standard InChI is InChI=1S/C14H18ClN3O2/c15-11-4-1-5-12(10-11)17-14(20)16-7-3-9-18-8-2-6-13(18)19/h1,4-5,10H,2-3,6-9H2,(H2,16,17,20). The molecule has 0 bridgehead atoms. The van der Waals surface area contributed by atoms with Crippen molar-refractivity contribution in [3.63, 3.8) is 0 Å². The predicted octanol–water partition coefficient (Wildman–Crippen LogP) is 2.47. The number of urea groups is 1. The summed E-state index contributed by atoms with van der Waals surface area (Å²) in [5.74, 6) is 0.216. The number of nitrogens with zero attached hydrogens (tertiary/aromatic N) is 1. The number of hydrogen-bond donors (Lipinski definition) is 2. The molecule has 0 radical (unpaired) electrons. The molecule has 3 amide bonds. The maximum absolute atomic E-state index is 11.6. The van der Waals surface area contributed by atoms with Crippen LogP contribution in [0.25, 0.3) is 0 Å². The van der Waals surface area contributed by atoms with Crippen molar-refractivity contribution in [3.05, 3.63) is 29.3 Å². The summed E-state index contributed by atoms with van der Waals surface area (Å²) in [5, 5.41) is 6.04. The Bertz CT molecular complexity index is 493. The Morgan fingerprint density at radius 2 is 2.25 bits per heavy atom. The first-order valence-corrected chi connectivity index (χ1v) is 7.11. The molecule has 1 heterocycles. The van der Waals surface area contributed by atoms with Gasteiger partial charge in [0.15, 0.2) is 0 Å². The van der Waals surface area contributed by atoms with Crippen LogP contribution in [0.1, 0.15) is 19.3 Å². The molecule has 0 saturated carbocycles. The van der Waals surface area contributed by atoms with Gasteiger partial charge in [0.05, 0.1) is 0 Å². The van der Waals surface area contributed by atoms with Gasteiger partial charge in [-0.05, 0) is 31.0 Å². The Morgan fingerprint density at radius 1 is 1.40 bits per heavy atom. The highest BCUT2D eigenvalue weighted by Gasteiger charge is 2.18. The van der Waals surface area contributed by atoms with E-state index in [1.165, 1.54) is 0 Å². The molecule has 6 heteroatoms. The van der Waals surface area contributed by atoms with Crippen molar-refractivity contribution in [2.45, 2.75) is 19.3 Å². The van der Waals surface area contributed by atoms with Crippen LogP contribution in [-0.4, -0.2) is 36.5 Å². The number of carbonyl (C=O) groups excluding carboxylic acids is 2. The fourth-order valence-corrected chi connectivity index (χ4v) is 2.34. The van der Waals surface area contributed by atoms with Crippen LogP contribution in [0.4, 0.5) is 10.5 Å². The Morgan fingerprint density at radius 3 is 2.95 bits per heavy atom. The van der Waals surface area contributed by atoms with E-state index in [-0.39, 0.29) is 11.9 Å². The van der Waals surface area contributed by atoms with Gasteiger partial charge in [-0.1, -0.05) is 17.7 Å². The van der Waals surface area contributed by atoms with E-state index in [1.807, 2.05) is 4.90 Å². The minimum atomic E-state index is -0.264. The summed E-state index contributed by atoms with van der Waals surface area (Å²) >= 11 is 5.83. The van der Waals surface area contributed by atoms with Crippen molar-refractivity contribution < 1.29 is 9.59 Å². The van der Waals surface area contributed by atoms with Crippen LogP contribution in [-0.2, 0) is 4.79 Å². The van der Waals surface area contributed by atoms with Crippen LogP contribution >= 0.6 is 11.6 Å². The molecule has 1 aromatic carbocycles. The number of nitrogens with one attached hydrogen (secondary N) is 2. The zero-order valence-electron chi connectivity index (χ0n) is 11.2. The van der Waals surface area contributed by atoms with E-state index in [4.69, 9.17) is 11.6 Å². The number of carbonyl (C=O) groups is 2. The number of benzene rings is 1. The third-order valence-electron chi connectivity index (χ3n) is 3.14. The summed E-state index contributed by atoms with van der Waals surface area (Å²) < 4.78 is 0. The van der Waals surface area contributed by atoms with Crippen LogP contribution in [0.3, 0.4) is 0 Å². The van der Waals surface area contributed by atoms with Crippen molar-refractivity contribution in [1.82, 2.24) is 10.2 Å². The van der Waals surface area contributed by atoms with Gasteiger partial charge in [-0.3, -0.25) is 4.79 Å². The zero-order chi connectivity index (χ0) is 14.4. The first-order valence-electron chi connectivity index (χ1n) is 6.73. The number of likely N-dealkylation sites (tertiary alicyclic amines) is 1. The maximum Gasteiger partial charge on any atom is 0.319 e. The van der Waals surface area contributed by atoms with Crippen molar-refractivity contribution in [2.24, 2.45) is 0 Å². The number of halogens is 1. The molecule has 0 atom stereocenters. The van der Waals surface area contributed by atoms with Crippen LogP contribution < -0.4 is 10.6 Å². The summed E-state index contributed by atoms with van der Waals surface area (Å²) in [6, 6.07) is 6.72. The van der Waals surface area contributed by atoms with Gasteiger partial charge in [0.2, 0.25) is 5.91 Å². The summed E-state index contributed by atoms with van der Waals surface area (Å²) in [5.41, 5.74) is 0.657. The van der Waals surface area contributed by atoms with Crippen molar-refractivity contribution in [2.75, 3.05) is 25.0 Å². The third kappa shape index (κ3) is 4.42. The minimum Gasteiger partial charge on any atom is -0.343 e. The second-order valence-corrected chi connectivity index (χ2v) is 5.17. The molecule has 0 aliphatic carbocycles. The normalized spacial score (nSPS) is 14.4. The molecule has 2 rings (SSSR count). The Kier molecular flexibility index (Phi) is 5.24. The summed E-state index contributed by atoms with van der Waals surface area (Å²) in [6.45, 7) is 2.08. The minimum absolute atomic E-state index is 0.216. The first-order chi connectivity index (χ1) is 9.65. The van der Waals surface area contributed by atoms with Gasteiger partial charge in [0, 0.05) is 36.8 Å². The lowest BCUT2D eigenvalue weighted by atomic mass is 10.3. The average molecular weight is 296 g/mol. The second kappa shape index (κ2) is 7.14. The molecule has 1 aliphatic rings. The van der Waals surface area contributed by atoms with E-state index in [1.54, 1.807) is 24.3 Å². The molecule has 1 saturated heterocycles. The molecular formula is C14H18ClN3O2.